The minimum absolute atomic E-state index is 0.0155. The number of aliphatic hydroxyl groups excluding tert-OH is 1. The Kier molecular flexibility index (Phi) is 3.80. The molecule has 0 aromatic heterocycles. The lowest BCUT2D eigenvalue weighted by Crippen LogP contribution is -2.29. The molecule has 6 heteroatoms. The van der Waals surface area contributed by atoms with E-state index < -0.39 is 15.4 Å². The van der Waals surface area contributed by atoms with Gasteiger partial charge >= 0.3 is 0 Å². The van der Waals surface area contributed by atoms with Gasteiger partial charge in [0.05, 0.1) is 17.6 Å². The number of ether oxygens (including phenoxy) is 2. The zero-order chi connectivity index (χ0) is 17.5. The number of methoxy groups -OCH3 is 1. The molecular weight excluding hydrogens is 328 g/mol. The molecule has 0 saturated carbocycles. The standard InChI is InChI=1S/C18H18O5S/c1-18(2)11-14(19)13-9-17(16(22-3)10-15(13)23-18)24(20,21)12-7-5-4-6-8-12/h4-11,19H,1-3H3. The Morgan fingerprint density at radius 1 is 1.12 bits per heavy atom. The zero-order valence-corrected chi connectivity index (χ0v) is 14.4. The van der Waals surface area contributed by atoms with Crippen LogP contribution < -0.4 is 9.47 Å². The Bertz CT molecular complexity index is 912. The fourth-order valence-electron chi connectivity index (χ4n) is 2.64. The molecule has 0 amide bonds. The molecular formula is C18H18O5S. The molecule has 0 fully saturated rings. The van der Waals surface area contributed by atoms with Crippen molar-refractivity contribution in [3.63, 3.8) is 0 Å². The first kappa shape index (κ1) is 16.4. The van der Waals surface area contributed by atoms with Crippen molar-refractivity contribution in [2.45, 2.75) is 29.2 Å². The molecule has 0 atom stereocenters. The van der Waals surface area contributed by atoms with Gasteiger partial charge in [-0.3, -0.25) is 0 Å². The van der Waals surface area contributed by atoms with Gasteiger partial charge in [0.15, 0.2) is 0 Å². The van der Waals surface area contributed by atoms with Crippen LogP contribution in [0.4, 0.5) is 0 Å². The molecule has 1 N–H and O–H groups in total. The van der Waals surface area contributed by atoms with E-state index >= 15 is 0 Å². The Morgan fingerprint density at radius 3 is 2.42 bits per heavy atom. The van der Waals surface area contributed by atoms with Crippen LogP contribution in [0.5, 0.6) is 11.5 Å². The van der Waals surface area contributed by atoms with E-state index in [0.717, 1.165) is 0 Å². The first-order valence-electron chi connectivity index (χ1n) is 7.38. The maximum absolute atomic E-state index is 12.9. The monoisotopic (exact) mass is 346 g/mol. The molecule has 1 aliphatic heterocycles. The van der Waals surface area contributed by atoms with Gasteiger partial charge in [-0.05, 0) is 32.0 Å². The second-order valence-corrected chi connectivity index (χ2v) is 7.97. The Morgan fingerprint density at radius 2 is 1.79 bits per heavy atom. The third-order valence-electron chi connectivity index (χ3n) is 3.74. The molecule has 0 radical (unpaired) electrons. The number of hydrogen-bond acceptors (Lipinski definition) is 5. The van der Waals surface area contributed by atoms with Crippen LogP contribution in [0, 0.1) is 0 Å². The third-order valence-corrected chi connectivity index (χ3v) is 5.53. The van der Waals surface area contributed by atoms with Gasteiger partial charge in [0.1, 0.15) is 27.8 Å². The van der Waals surface area contributed by atoms with E-state index in [4.69, 9.17) is 9.47 Å². The molecule has 2 aromatic carbocycles. The molecule has 3 rings (SSSR count). The Labute approximate surface area is 141 Å². The molecule has 126 valence electrons. The highest BCUT2D eigenvalue weighted by Gasteiger charge is 2.31. The summed E-state index contributed by atoms with van der Waals surface area (Å²) in [5.74, 6) is 0.528. The molecule has 24 heavy (non-hydrogen) atoms. The summed E-state index contributed by atoms with van der Waals surface area (Å²) in [6.45, 7) is 3.60. The lowest BCUT2D eigenvalue weighted by Gasteiger charge is -2.29. The van der Waals surface area contributed by atoms with Crippen molar-refractivity contribution in [1.29, 1.82) is 0 Å². The van der Waals surface area contributed by atoms with Gasteiger partial charge in [-0.15, -0.1) is 0 Å². The van der Waals surface area contributed by atoms with Gasteiger partial charge in [-0.1, -0.05) is 18.2 Å². The van der Waals surface area contributed by atoms with Gasteiger partial charge < -0.3 is 14.6 Å². The lowest BCUT2D eigenvalue weighted by atomic mass is 10.0. The van der Waals surface area contributed by atoms with E-state index in [9.17, 15) is 13.5 Å². The molecule has 2 aromatic rings. The van der Waals surface area contributed by atoms with Gasteiger partial charge in [0.25, 0.3) is 0 Å². The van der Waals surface area contributed by atoms with E-state index in [1.165, 1.54) is 31.4 Å². The van der Waals surface area contributed by atoms with Crippen molar-refractivity contribution in [2.24, 2.45) is 0 Å². The summed E-state index contributed by atoms with van der Waals surface area (Å²) in [6.07, 6.45) is 1.54. The van der Waals surface area contributed by atoms with Gasteiger partial charge in [0.2, 0.25) is 9.84 Å². The number of rotatable bonds is 3. The fraction of sp³-hybridized carbons (Fsp3) is 0.222. The summed E-state index contributed by atoms with van der Waals surface area (Å²) in [7, 11) is -2.39. The predicted molar refractivity (Wildman–Crippen MR) is 90.2 cm³/mol. The van der Waals surface area contributed by atoms with E-state index in [2.05, 4.69) is 0 Å². The minimum Gasteiger partial charge on any atom is -0.507 e. The SMILES string of the molecule is COc1cc2c(cc1S(=O)(=O)c1ccccc1)C(O)=CC(C)(C)O2. The summed E-state index contributed by atoms with van der Waals surface area (Å²) in [5.41, 5.74) is -0.369. The number of sulfone groups is 1. The van der Waals surface area contributed by atoms with E-state index in [-0.39, 0.29) is 21.3 Å². The third kappa shape index (κ3) is 2.73. The molecule has 1 heterocycles. The second kappa shape index (κ2) is 5.56. The number of fused-ring (bicyclic) bond motifs is 1. The van der Waals surface area contributed by atoms with Crippen LogP contribution >= 0.6 is 0 Å². The number of benzene rings is 2. The first-order valence-corrected chi connectivity index (χ1v) is 8.86. The van der Waals surface area contributed by atoms with Crippen molar-refractivity contribution in [3.05, 3.63) is 54.1 Å². The first-order chi connectivity index (χ1) is 11.2. The molecule has 0 spiro atoms. The van der Waals surface area contributed by atoms with E-state index in [1.54, 1.807) is 38.1 Å². The van der Waals surface area contributed by atoms with Crippen molar-refractivity contribution in [1.82, 2.24) is 0 Å². The summed E-state index contributed by atoms with van der Waals surface area (Å²) in [4.78, 5) is 0.141. The average Bonchev–Trinajstić information content (AvgIpc) is 2.53. The molecule has 0 bridgehead atoms. The highest BCUT2D eigenvalue weighted by molar-refractivity contribution is 7.91. The van der Waals surface area contributed by atoms with Crippen LogP contribution in [0.15, 0.2) is 58.3 Å². The largest absolute Gasteiger partial charge is 0.507 e. The number of aliphatic hydroxyl groups is 1. The van der Waals surface area contributed by atoms with Crippen molar-refractivity contribution in [2.75, 3.05) is 7.11 Å². The van der Waals surface area contributed by atoms with Crippen LogP contribution in [0.3, 0.4) is 0 Å². The van der Waals surface area contributed by atoms with Crippen LogP contribution in [0.1, 0.15) is 19.4 Å². The van der Waals surface area contributed by atoms with Crippen molar-refractivity contribution < 1.29 is 23.0 Å². The zero-order valence-electron chi connectivity index (χ0n) is 13.6. The molecule has 0 unspecified atom stereocenters. The quantitative estimate of drug-likeness (QED) is 0.919. The fourth-order valence-corrected chi connectivity index (χ4v) is 4.09. The van der Waals surface area contributed by atoms with Crippen LogP contribution in [-0.4, -0.2) is 26.2 Å². The summed E-state index contributed by atoms with van der Waals surface area (Å²) in [6, 6.07) is 11.0. The van der Waals surface area contributed by atoms with E-state index in [0.29, 0.717) is 11.3 Å². The summed E-state index contributed by atoms with van der Waals surface area (Å²) >= 11 is 0. The normalized spacial score (nSPS) is 15.9. The van der Waals surface area contributed by atoms with Crippen LogP contribution in [-0.2, 0) is 9.84 Å². The van der Waals surface area contributed by atoms with E-state index in [1.807, 2.05) is 0 Å². The molecule has 0 saturated heterocycles. The molecule has 1 aliphatic rings. The highest BCUT2D eigenvalue weighted by atomic mass is 32.2. The number of hydrogen-bond donors (Lipinski definition) is 1. The molecule has 0 aliphatic carbocycles. The lowest BCUT2D eigenvalue weighted by molar-refractivity contribution is 0.153. The average molecular weight is 346 g/mol. The molecule has 5 nitrogen and oxygen atoms in total. The summed E-state index contributed by atoms with van der Waals surface area (Å²) < 4.78 is 36.9. The minimum atomic E-state index is -3.79. The smallest absolute Gasteiger partial charge is 0.210 e. The van der Waals surface area contributed by atoms with Crippen LogP contribution in [0.2, 0.25) is 0 Å². The Hall–Kier alpha value is -2.47. The van der Waals surface area contributed by atoms with Crippen molar-refractivity contribution >= 4 is 15.6 Å². The topological polar surface area (TPSA) is 72.8 Å². The van der Waals surface area contributed by atoms with Gasteiger partial charge in [-0.2, -0.15) is 0 Å². The van der Waals surface area contributed by atoms with Crippen molar-refractivity contribution in [3.8, 4) is 11.5 Å². The second-order valence-electron chi connectivity index (χ2n) is 6.05. The predicted octanol–water partition coefficient (Wildman–Crippen LogP) is 3.60. The maximum atomic E-state index is 12.9. The van der Waals surface area contributed by atoms with Gasteiger partial charge in [0, 0.05) is 12.1 Å². The maximum Gasteiger partial charge on any atom is 0.210 e. The van der Waals surface area contributed by atoms with Crippen LogP contribution in [0.25, 0.3) is 5.76 Å². The summed E-state index contributed by atoms with van der Waals surface area (Å²) in [5, 5.41) is 10.3. The Balaban J connectivity index is 2.23. The highest BCUT2D eigenvalue weighted by Crippen LogP contribution is 2.41. The van der Waals surface area contributed by atoms with Gasteiger partial charge in [-0.25, -0.2) is 8.42 Å².